The Morgan fingerprint density at radius 2 is 1.76 bits per heavy atom. The number of aromatic nitrogens is 1. The van der Waals surface area contributed by atoms with Gasteiger partial charge in [-0.3, -0.25) is 14.5 Å². The quantitative estimate of drug-likeness (QED) is 0.458. The zero-order valence-electron chi connectivity index (χ0n) is 18.7. The molecular weight excluding hydrogens is 430 g/mol. The van der Waals surface area contributed by atoms with Crippen LogP contribution in [0.25, 0.3) is 21.8 Å². The summed E-state index contributed by atoms with van der Waals surface area (Å²) < 4.78 is 7.77. The third-order valence-electron chi connectivity index (χ3n) is 6.83. The van der Waals surface area contributed by atoms with Crippen molar-refractivity contribution in [3.63, 3.8) is 0 Å². The molecule has 2 atom stereocenters. The normalized spacial score (nSPS) is 19.6. The second-order valence-corrected chi connectivity index (χ2v) is 8.68. The molecule has 3 heterocycles. The van der Waals surface area contributed by atoms with E-state index in [4.69, 9.17) is 4.74 Å². The number of benzene rings is 3. The fourth-order valence-electron chi connectivity index (χ4n) is 5.28. The highest BCUT2D eigenvalue weighted by Gasteiger charge is 2.46. The van der Waals surface area contributed by atoms with Gasteiger partial charge in [-0.1, -0.05) is 36.4 Å². The highest BCUT2D eigenvalue weighted by Crippen LogP contribution is 2.38. The molecule has 1 saturated heterocycles. The van der Waals surface area contributed by atoms with Crippen LogP contribution in [-0.2, 0) is 20.9 Å². The molecule has 1 fully saturated rings. The van der Waals surface area contributed by atoms with Crippen LogP contribution in [0.4, 0.5) is 5.69 Å². The van der Waals surface area contributed by atoms with E-state index >= 15 is 0 Å². The molecule has 0 bridgehead atoms. The second kappa shape index (κ2) is 7.73. The number of nitrogens with one attached hydrogen (secondary N) is 1. The van der Waals surface area contributed by atoms with Crippen molar-refractivity contribution < 1.29 is 19.1 Å². The summed E-state index contributed by atoms with van der Waals surface area (Å²) in [5, 5.41) is 5.19. The lowest BCUT2D eigenvalue weighted by atomic mass is 10.1. The number of para-hydroxylation sites is 1. The van der Waals surface area contributed by atoms with Gasteiger partial charge < -0.3 is 14.6 Å². The molecule has 4 aromatic rings. The number of fused-ring (bicyclic) bond motifs is 4. The SMILES string of the molecule is CCn1c2ccccc2c2cc(NC(=O)[C@H]3CCC(=O)N3[C@@H]3OC(=O)c4ccccc43)ccc21. The van der Waals surface area contributed by atoms with Gasteiger partial charge in [-0.05, 0) is 43.7 Å². The Morgan fingerprint density at radius 1 is 1.00 bits per heavy atom. The van der Waals surface area contributed by atoms with Crippen molar-refractivity contribution in [3.05, 3.63) is 77.9 Å². The molecule has 0 radical (unpaired) electrons. The van der Waals surface area contributed by atoms with Gasteiger partial charge in [0.05, 0.1) is 5.56 Å². The van der Waals surface area contributed by atoms with Crippen LogP contribution >= 0.6 is 0 Å². The number of likely N-dealkylation sites (tertiary alicyclic amines) is 1. The molecule has 0 unspecified atom stereocenters. The lowest BCUT2D eigenvalue weighted by Crippen LogP contribution is -2.43. The van der Waals surface area contributed by atoms with Crippen LogP contribution in [0, 0.1) is 0 Å². The van der Waals surface area contributed by atoms with Crippen LogP contribution in [0.2, 0.25) is 0 Å². The first-order valence-electron chi connectivity index (χ1n) is 11.5. The fraction of sp³-hybridized carbons (Fsp3) is 0.222. The molecule has 7 nitrogen and oxygen atoms in total. The molecule has 0 saturated carbocycles. The fourth-order valence-corrected chi connectivity index (χ4v) is 5.28. The summed E-state index contributed by atoms with van der Waals surface area (Å²) in [6.07, 6.45) is -0.269. The second-order valence-electron chi connectivity index (χ2n) is 8.68. The molecule has 170 valence electrons. The van der Waals surface area contributed by atoms with E-state index in [9.17, 15) is 14.4 Å². The number of amides is 2. The van der Waals surface area contributed by atoms with Gasteiger partial charge in [-0.25, -0.2) is 4.79 Å². The van der Waals surface area contributed by atoms with Gasteiger partial charge in [0, 0.05) is 46.0 Å². The first kappa shape index (κ1) is 20.5. The molecule has 1 N–H and O–H groups in total. The maximum atomic E-state index is 13.3. The van der Waals surface area contributed by atoms with Crippen LogP contribution in [-0.4, -0.2) is 33.3 Å². The molecule has 7 heteroatoms. The molecular formula is C27H23N3O4. The van der Waals surface area contributed by atoms with E-state index in [0.717, 1.165) is 28.4 Å². The summed E-state index contributed by atoms with van der Waals surface area (Å²) in [7, 11) is 0. The highest BCUT2D eigenvalue weighted by atomic mass is 16.6. The van der Waals surface area contributed by atoms with Crippen molar-refractivity contribution in [1.82, 2.24) is 9.47 Å². The predicted octanol–water partition coefficient (Wildman–Crippen LogP) is 4.61. The lowest BCUT2D eigenvalue weighted by Gasteiger charge is -2.29. The standard InChI is InChI=1S/C27H23N3O4/c1-2-29-21-10-6-5-7-17(21)20-15-16(11-12-22(20)29)28-25(32)23-13-14-24(31)30(23)26-18-8-3-4-9-19(18)27(33)34-26/h3-12,15,23,26H,2,13-14H2,1H3,(H,28,32)/t23-,26-/m1/s1. The molecule has 2 aliphatic rings. The number of carbonyl (C=O) groups excluding carboxylic acids is 3. The first-order chi connectivity index (χ1) is 16.6. The van der Waals surface area contributed by atoms with Crippen LogP contribution in [0.15, 0.2) is 66.7 Å². The average molecular weight is 453 g/mol. The predicted molar refractivity (Wildman–Crippen MR) is 128 cm³/mol. The Labute approximate surface area is 195 Å². The summed E-state index contributed by atoms with van der Waals surface area (Å²) in [4.78, 5) is 39.8. The molecule has 0 aliphatic carbocycles. The van der Waals surface area contributed by atoms with Crippen LogP contribution in [0.5, 0.6) is 0 Å². The monoisotopic (exact) mass is 453 g/mol. The zero-order chi connectivity index (χ0) is 23.4. The number of rotatable bonds is 4. The lowest BCUT2D eigenvalue weighted by molar-refractivity contribution is -0.144. The number of aryl methyl sites for hydroxylation is 1. The maximum Gasteiger partial charge on any atom is 0.340 e. The first-order valence-corrected chi connectivity index (χ1v) is 11.5. The van der Waals surface area contributed by atoms with Crippen molar-refractivity contribution in [2.24, 2.45) is 0 Å². The van der Waals surface area contributed by atoms with Gasteiger partial charge >= 0.3 is 5.97 Å². The molecule has 2 aliphatic heterocycles. The van der Waals surface area contributed by atoms with Gasteiger partial charge in [-0.2, -0.15) is 0 Å². The smallest absolute Gasteiger partial charge is 0.340 e. The van der Waals surface area contributed by atoms with E-state index in [1.165, 1.54) is 4.90 Å². The third kappa shape index (κ3) is 3.00. The van der Waals surface area contributed by atoms with Gasteiger partial charge in [-0.15, -0.1) is 0 Å². The Hall–Kier alpha value is -4.13. The summed E-state index contributed by atoms with van der Waals surface area (Å²) in [5.41, 5.74) is 3.98. The number of hydrogen-bond donors (Lipinski definition) is 1. The number of carbonyl (C=O) groups is 3. The molecule has 0 spiro atoms. The van der Waals surface area contributed by atoms with E-state index in [1.54, 1.807) is 24.3 Å². The Kier molecular flexibility index (Phi) is 4.65. The molecule has 34 heavy (non-hydrogen) atoms. The number of esters is 1. The number of hydrogen-bond acceptors (Lipinski definition) is 4. The zero-order valence-corrected chi connectivity index (χ0v) is 18.7. The van der Waals surface area contributed by atoms with Crippen LogP contribution in [0.3, 0.4) is 0 Å². The maximum absolute atomic E-state index is 13.3. The summed E-state index contributed by atoms with van der Waals surface area (Å²) in [6.45, 7) is 2.96. The van der Waals surface area contributed by atoms with Crippen LogP contribution < -0.4 is 5.32 Å². The molecule has 3 aromatic carbocycles. The van der Waals surface area contributed by atoms with E-state index < -0.39 is 18.2 Å². The van der Waals surface area contributed by atoms with E-state index in [0.29, 0.717) is 23.2 Å². The van der Waals surface area contributed by atoms with Gasteiger partial charge in [0.1, 0.15) is 6.04 Å². The van der Waals surface area contributed by atoms with E-state index in [1.807, 2.05) is 30.3 Å². The Morgan fingerprint density at radius 3 is 2.62 bits per heavy atom. The third-order valence-corrected chi connectivity index (χ3v) is 6.83. The van der Waals surface area contributed by atoms with Crippen molar-refractivity contribution in [1.29, 1.82) is 0 Å². The Balaban J connectivity index is 1.31. The van der Waals surface area contributed by atoms with Crippen molar-refractivity contribution in [2.45, 2.75) is 38.6 Å². The van der Waals surface area contributed by atoms with Crippen molar-refractivity contribution in [3.8, 4) is 0 Å². The minimum absolute atomic E-state index is 0.198. The number of cyclic esters (lactones) is 1. The summed E-state index contributed by atoms with van der Waals surface area (Å²) >= 11 is 0. The molecule has 1 aromatic heterocycles. The summed E-state index contributed by atoms with van der Waals surface area (Å²) in [5.74, 6) is -0.960. The van der Waals surface area contributed by atoms with Gasteiger partial charge in [0.2, 0.25) is 18.0 Å². The van der Waals surface area contributed by atoms with Crippen molar-refractivity contribution >= 4 is 45.3 Å². The molecule has 2 amide bonds. The van der Waals surface area contributed by atoms with Gasteiger partial charge in [0.25, 0.3) is 0 Å². The number of nitrogens with zero attached hydrogens (tertiary/aromatic N) is 2. The van der Waals surface area contributed by atoms with E-state index in [2.05, 4.69) is 28.9 Å². The largest absolute Gasteiger partial charge is 0.433 e. The average Bonchev–Trinajstić information content (AvgIpc) is 3.50. The topological polar surface area (TPSA) is 80.6 Å². The van der Waals surface area contributed by atoms with Crippen molar-refractivity contribution in [2.75, 3.05) is 5.32 Å². The Bertz CT molecular complexity index is 1490. The minimum Gasteiger partial charge on any atom is -0.433 e. The minimum atomic E-state index is -0.876. The highest BCUT2D eigenvalue weighted by molar-refractivity contribution is 6.10. The number of ether oxygens (including phenoxy) is 1. The van der Waals surface area contributed by atoms with E-state index in [-0.39, 0.29) is 18.2 Å². The summed E-state index contributed by atoms with van der Waals surface area (Å²) in [6, 6.07) is 20.4. The molecule has 6 rings (SSSR count). The van der Waals surface area contributed by atoms with Crippen LogP contribution in [0.1, 0.15) is 41.9 Å². The van der Waals surface area contributed by atoms with Gasteiger partial charge in [0.15, 0.2) is 0 Å². The number of anilines is 1.